The number of fused-ring (bicyclic) bond motifs is 1. The van der Waals surface area contributed by atoms with Crippen molar-refractivity contribution in [3.05, 3.63) is 71.3 Å². The third-order valence-electron chi connectivity index (χ3n) is 5.11. The summed E-state index contributed by atoms with van der Waals surface area (Å²) in [4.78, 5) is 24.9. The number of hydrogen-bond donors (Lipinski definition) is 0. The molecule has 0 aliphatic rings. The van der Waals surface area contributed by atoms with Crippen molar-refractivity contribution in [1.82, 2.24) is 0 Å². The van der Waals surface area contributed by atoms with Gasteiger partial charge in [0.15, 0.2) is 24.1 Å². The van der Waals surface area contributed by atoms with E-state index in [2.05, 4.69) is 12.1 Å². The van der Waals surface area contributed by atoms with Crippen molar-refractivity contribution >= 4 is 22.5 Å². The van der Waals surface area contributed by atoms with Crippen LogP contribution in [0.1, 0.15) is 41.3 Å². The van der Waals surface area contributed by atoms with Gasteiger partial charge in [0, 0.05) is 24.5 Å². The highest BCUT2D eigenvalue weighted by Gasteiger charge is 2.21. The summed E-state index contributed by atoms with van der Waals surface area (Å²) >= 11 is 0. The molecule has 0 heterocycles. The van der Waals surface area contributed by atoms with E-state index >= 15 is 0 Å². The van der Waals surface area contributed by atoms with Crippen LogP contribution in [-0.4, -0.2) is 39.4 Å². The molecule has 0 spiro atoms. The summed E-state index contributed by atoms with van der Waals surface area (Å²) in [5.41, 5.74) is 2.62. The van der Waals surface area contributed by atoms with Crippen LogP contribution in [0.25, 0.3) is 10.8 Å². The van der Waals surface area contributed by atoms with E-state index in [1.165, 1.54) is 7.11 Å². The summed E-state index contributed by atoms with van der Waals surface area (Å²) in [6.45, 7) is 2.07. The molecule has 0 unspecified atom stereocenters. The lowest BCUT2D eigenvalue weighted by Crippen LogP contribution is -2.10. The van der Waals surface area contributed by atoms with Gasteiger partial charge < -0.3 is 18.9 Å². The fourth-order valence-electron chi connectivity index (χ4n) is 3.68. The van der Waals surface area contributed by atoms with Gasteiger partial charge in [0.2, 0.25) is 0 Å². The Morgan fingerprint density at radius 2 is 1.72 bits per heavy atom. The summed E-state index contributed by atoms with van der Waals surface area (Å²) in [7, 11) is 3.08. The van der Waals surface area contributed by atoms with Crippen LogP contribution in [0.15, 0.2) is 54.6 Å². The number of carbonyl (C=O) groups excluding carboxylic acids is 2. The van der Waals surface area contributed by atoms with E-state index < -0.39 is 0 Å². The van der Waals surface area contributed by atoms with E-state index in [4.69, 9.17) is 18.9 Å². The highest BCUT2D eigenvalue weighted by Crippen LogP contribution is 2.41. The van der Waals surface area contributed by atoms with Crippen molar-refractivity contribution in [2.75, 3.05) is 27.6 Å². The van der Waals surface area contributed by atoms with E-state index in [1.54, 1.807) is 20.1 Å². The quantitative estimate of drug-likeness (QED) is 0.241. The fraction of sp³-hybridized carbons (Fsp3) is 0.308. The predicted molar refractivity (Wildman–Crippen MR) is 122 cm³/mol. The number of rotatable bonds is 11. The number of methoxy groups -OCH3 is 2. The molecule has 0 saturated carbocycles. The number of esters is 1. The molecule has 6 nitrogen and oxygen atoms in total. The van der Waals surface area contributed by atoms with Crippen LogP contribution in [0, 0.1) is 0 Å². The van der Waals surface area contributed by atoms with E-state index in [0.717, 1.165) is 21.9 Å². The van der Waals surface area contributed by atoms with E-state index in [9.17, 15) is 9.59 Å². The molecule has 0 aliphatic carbocycles. The second kappa shape index (κ2) is 11.3. The molecule has 0 aliphatic heterocycles. The van der Waals surface area contributed by atoms with Crippen molar-refractivity contribution in [2.45, 2.75) is 26.2 Å². The molecule has 0 bridgehead atoms. The second-order valence-electron chi connectivity index (χ2n) is 7.24. The average molecular weight is 437 g/mol. The lowest BCUT2D eigenvalue weighted by Gasteiger charge is -2.18. The Kier molecular flexibility index (Phi) is 8.22. The number of Topliss-reactive ketones (excluding diaryl/α,β-unsaturated/α-hetero) is 1. The SMILES string of the molecule is CCOC(=O)CCC(=O)c1cc(OC)c(OCOC)c2c(Cc3ccccc3)cccc12. The molecule has 0 fully saturated rings. The molecule has 168 valence electrons. The molecule has 32 heavy (non-hydrogen) atoms. The highest BCUT2D eigenvalue weighted by atomic mass is 16.7. The summed E-state index contributed by atoms with van der Waals surface area (Å²) in [6.07, 6.45) is 0.742. The smallest absolute Gasteiger partial charge is 0.306 e. The van der Waals surface area contributed by atoms with E-state index in [1.807, 2.05) is 36.4 Å². The molecule has 3 aromatic rings. The first kappa shape index (κ1) is 23.3. The first-order valence-electron chi connectivity index (χ1n) is 10.6. The van der Waals surface area contributed by atoms with Crippen molar-refractivity contribution < 1.29 is 28.5 Å². The van der Waals surface area contributed by atoms with Gasteiger partial charge in [-0.1, -0.05) is 48.5 Å². The Bertz CT molecular complexity index is 1070. The van der Waals surface area contributed by atoms with Crippen molar-refractivity contribution in [2.24, 2.45) is 0 Å². The number of hydrogen-bond acceptors (Lipinski definition) is 6. The minimum Gasteiger partial charge on any atom is -0.493 e. The molecule has 0 aromatic heterocycles. The number of ether oxygens (including phenoxy) is 4. The molecule has 6 heteroatoms. The van der Waals surface area contributed by atoms with Crippen LogP contribution in [0.2, 0.25) is 0 Å². The minimum atomic E-state index is -0.387. The molecule has 0 saturated heterocycles. The molecular formula is C26H28O6. The van der Waals surface area contributed by atoms with Crippen LogP contribution < -0.4 is 9.47 Å². The van der Waals surface area contributed by atoms with Crippen molar-refractivity contribution in [3.8, 4) is 11.5 Å². The minimum absolute atomic E-state index is 0.0299. The first-order valence-corrected chi connectivity index (χ1v) is 10.6. The zero-order valence-corrected chi connectivity index (χ0v) is 18.7. The van der Waals surface area contributed by atoms with Gasteiger partial charge in [-0.15, -0.1) is 0 Å². The largest absolute Gasteiger partial charge is 0.493 e. The Morgan fingerprint density at radius 3 is 2.41 bits per heavy atom. The number of benzene rings is 3. The topological polar surface area (TPSA) is 71.1 Å². The number of carbonyl (C=O) groups is 2. The van der Waals surface area contributed by atoms with Crippen molar-refractivity contribution in [3.63, 3.8) is 0 Å². The summed E-state index contributed by atoms with van der Waals surface area (Å²) in [5.74, 6) is 0.422. The summed E-state index contributed by atoms with van der Waals surface area (Å²) < 4.78 is 21.6. The zero-order chi connectivity index (χ0) is 22.9. The Labute approximate surface area is 188 Å². The Balaban J connectivity index is 2.11. The molecule has 3 rings (SSSR count). The summed E-state index contributed by atoms with van der Waals surface area (Å²) in [6, 6.07) is 17.6. The predicted octanol–water partition coefficient (Wildman–Crippen LogP) is 4.95. The lowest BCUT2D eigenvalue weighted by atomic mass is 9.92. The second-order valence-corrected chi connectivity index (χ2v) is 7.24. The lowest BCUT2D eigenvalue weighted by molar-refractivity contribution is -0.143. The van der Waals surface area contributed by atoms with Gasteiger partial charge in [-0.2, -0.15) is 0 Å². The van der Waals surface area contributed by atoms with E-state index in [-0.39, 0.29) is 38.0 Å². The van der Waals surface area contributed by atoms with Gasteiger partial charge >= 0.3 is 5.97 Å². The van der Waals surface area contributed by atoms with Crippen LogP contribution in [-0.2, 0) is 20.7 Å². The zero-order valence-electron chi connectivity index (χ0n) is 18.7. The molecule has 3 aromatic carbocycles. The highest BCUT2D eigenvalue weighted by molar-refractivity contribution is 6.12. The fourth-order valence-corrected chi connectivity index (χ4v) is 3.68. The average Bonchev–Trinajstić information content (AvgIpc) is 2.81. The molecule has 0 atom stereocenters. The maximum atomic E-state index is 13.1. The normalized spacial score (nSPS) is 10.7. The van der Waals surface area contributed by atoms with Crippen LogP contribution >= 0.6 is 0 Å². The van der Waals surface area contributed by atoms with Crippen LogP contribution in [0.3, 0.4) is 0 Å². The van der Waals surface area contributed by atoms with Crippen LogP contribution in [0.4, 0.5) is 0 Å². The van der Waals surface area contributed by atoms with Gasteiger partial charge in [0.1, 0.15) is 0 Å². The Morgan fingerprint density at radius 1 is 0.938 bits per heavy atom. The standard InChI is InChI=1S/C26H28O6/c1-4-31-24(28)14-13-22(27)21-16-23(30-3)26(32-17-29-2)25-19(11-8-12-20(21)25)15-18-9-6-5-7-10-18/h5-12,16H,4,13-15,17H2,1-3H3. The maximum Gasteiger partial charge on any atom is 0.306 e. The third-order valence-corrected chi connectivity index (χ3v) is 5.11. The molecule has 0 N–H and O–H groups in total. The maximum absolute atomic E-state index is 13.1. The van der Waals surface area contributed by atoms with Gasteiger partial charge in [-0.25, -0.2) is 0 Å². The first-order chi connectivity index (χ1) is 15.6. The summed E-state index contributed by atoms with van der Waals surface area (Å²) in [5, 5.41) is 1.55. The van der Waals surface area contributed by atoms with Gasteiger partial charge in [0.05, 0.1) is 20.1 Å². The van der Waals surface area contributed by atoms with Crippen molar-refractivity contribution in [1.29, 1.82) is 0 Å². The van der Waals surface area contributed by atoms with Gasteiger partial charge in [-0.3, -0.25) is 9.59 Å². The van der Waals surface area contributed by atoms with Gasteiger partial charge in [-0.05, 0) is 35.9 Å². The molecular weight excluding hydrogens is 408 g/mol. The van der Waals surface area contributed by atoms with E-state index in [0.29, 0.717) is 23.5 Å². The molecule has 0 radical (unpaired) electrons. The monoisotopic (exact) mass is 436 g/mol. The Hall–Kier alpha value is -3.38. The van der Waals surface area contributed by atoms with Gasteiger partial charge in [0.25, 0.3) is 0 Å². The van der Waals surface area contributed by atoms with Crippen LogP contribution in [0.5, 0.6) is 11.5 Å². The third kappa shape index (κ3) is 5.45. The molecule has 0 amide bonds. The number of ketones is 1.